The summed E-state index contributed by atoms with van der Waals surface area (Å²) in [6.45, 7) is 0. The number of carbonyl (C=O) groups is 2. The van der Waals surface area contributed by atoms with Crippen LogP contribution in [0.25, 0.3) is 0 Å². The van der Waals surface area contributed by atoms with Crippen molar-refractivity contribution < 1.29 is 14.0 Å². The van der Waals surface area contributed by atoms with Crippen LogP contribution in [-0.4, -0.2) is 11.8 Å². The minimum Gasteiger partial charge on any atom is -0.459 e. The zero-order chi connectivity index (χ0) is 16.8. The average Bonchev–Trinajstić information content (AvgIpc) is 3.28. The van der Waals surface area contributed by atoms with E-state index in [0.29, 0.717) is 17.8 Å². The maximum absolute atomic E-state index is 11.9. The van der Waals surface area contributed by atoms with Crippen LogP contribution in [0.5, 0.6) is 0 Å². The van der Waals surface area contributed by atoms with Crippen LogP contribution in [0.15, 0.2) is 64.6 Å². The zero-order valence-electron chi connectivity index (χ0n) is 12.8. The van der Waals surface area contributed by atoms with Crippen LogP contribution in [0.4, 0.5) is 11.4 Å². The molecule has 2 amide bonds. The Kier molecular flexibility index (Phi) is 5.08. The number of hydrogen-bond donors (Lipinski definition) is 2. The number of rotatable bonds is 6. The molecule has 0 atom stereocenters. The third-order valence-corrected chi connectivity index (χ3v) is 4.29. The molecule has 0 aliphatic rings. The standard InChI is InChI=1S/C18H16N2O3S/c21-17(10-9-15-3-2-12-24-15)19-13-5-7-14(8-6-13)20-18(22)16-4-1-11-23-16/h1-8,11-12H,9-10H2,(H,19,21)(H,20,22). The number of furan rings is 1. The Bertz CT molecular complexity index is 793. The fraction of sp³-hybridized carbons (Fsp3) is 0.111. The molecule has 6 heteroatoms. The molecule has 1 aromatic carbocycles. The van der Waals surface area contributed by atoms with E-state index in [9.17, 15) is 9.59 Å². The van der Waals surface area contributed by atoms with Gasteiger partial charge in [-0.15, -0.1) is 11.3 Å². The lowest BCUT2D eigenvalue weighted by Gasteiger charge is -2.07. The lowest BCUT2D eigenvalue weighted by molar-refractivity contribution is -0.116. The van der Waals surface area contributed by atoms with Crippen LogP contribution in [-0.2, 0) is 11.2 Å². The molecule has 3 rings (SSSR count). The van der Waals surface area contributed by atoms with Gasteiger partial charge in [-0.25, -0.2) is 0 Å². The fourth-order valence-corrected chi connectivity index (χ4v) is 2.86. The Morgan fingerprint density at radius 2 is 1.71 bits per heavy atom. The summed E-state index contributed by atoms with van der Waals surface area (Å²) < 4.78 is 5.03. The van der Waals surface area contributed by atoms with Gasteiger partial charge in [0.05, 0.1) is 6.26 Å². The smallest absolute Gasteiger partial charge is 0.291 e. The number of amides is 2. The van der Waals surface area contributed by atoms with Crippen molar-refractivity contribution in [3.63, 3.8) is 0 Å². The summed E-state index contributed by atoms with van der Waals surface area (Å²) in [7, 11) is 0. The van der Waals surface area contributed by atoms with E-state index in [1.807, 2.05) is 17.5 Å². The molecule has 2 N–H and O–H groups in total. The van der Waals surface area contributed by atoms with Crippen molar-refractivity contribution in [3.05, 3.63) is 70.8 Å². The summed E-state index contributed by atoms with van der Waals surface area (Å²) in [6.07, 6.45) is 2.63. The van der Waals surface area contributed by atoms with E-state index in [1.54, 1.807) is 47.7 Å². The molecule has 3 aromatic rings. The van der Waals surface area contributed by atoms with Crippen LogP contribution >= 0.6 is 11.3 Å². The maximum atomic E-state index is 11.9. The molecular weight excluding hydrogens is 324 g/mol. The van der Waals surface area contributed by atoms with Crippen LogP contribution in [0.3, 0.4) is 0 Å². The van der Waals surface area contributed by atoms with E-state index in [0.717, 1.165) is 6.42 Å². The normalized spacial score (nSPS) is 10.3. The SMILES string of the molecule is O=C(CCc1cccs1)Nc1ccc(NC(=O)c2ccco2)cc1. The minimum atomic E-state index is -0.312. The number of benzene rings is 1. The molecule has 0 bridgehead atoms. The predicted molar refractivity (Wildman–Crippen MR) is 94.4 cm³/mol. The van der Waals surface area contributed by atoms with Gasteiger partial charge < -0.3 is 15.1 Å². The van der Waals surface area contributed by atoms with Gasteiger partial charge in [-0.3, -0.25) is 9.59 Å². The first-order chi connectivity index (χ1) is 11.7. The van der Waals surface area contributed by atoms with Crippen LogP contribution in [0, 0.1) is 0 Å². The summed E-state index contributed by atoms with van der Waals surface area (Å²) >= 11 is 1.65. The molecule has 0 saturated heterocycles. The summed E-state index contributed by atoms with van der Waals surface area (Å²) in [5.41, 5.74) is 1.33. The van der Waals surface area contributed by atoms with Crippen molar-refractivity contribution in [2.75, 3.05) is 10.6 Å². The van der Waals surface area contributed by atoms with E-state index in [-0.39, 0.29) is 17.6 Å². The third-order valence-electron chi connectivity index (χ3n) is 3.35. The summed E-state index contributed by atoms with van der Waals surface area (Å²) in [6, 6.07) is 14.2. The second-order valence-electron chi connectivity index (χ2n) is 5.14. The molecule has 0 spiro atoms. The molecule has 0 fully saturated rings. The molecule has 0 saturated carbocycles. The van der Waals surface area contributed by atoms with Gasteiger partial charge >= 0.3 is 0 Å². The number of nitrogens with one attached hydrogen (secondary N) is 2. The molecule has 122 valence electrons. The largest absolute Gasteiger partial charge is 0.459 e. The number of carbonyl (C=O) groups excluding carboxylic acids is 2. The van der Waals surface area contributed by atoms with E-state index >= 15 is 0 Å². The topological polar surface area (TPSA) is 71.3 Å². The number of anilines is 2. The van der Waals surface area contributed by atoms with Gasteiger partial charge in [0, 0.05) is 22.7 Å². The Hall–Kier alpha value is -2.86. The first kappa shape index (κ1) is 16.0. The summed E-state index contributed by atoms with van der Waals surface area (Å²) in [5.74, 6) is -0.0931. The Labute approximate surface area is 143 Å². The van der Waals surface area contributed by atoms with E-state index in [2.05, 4.69) is 10.6 Å². The summed E-state index contributed by atoms with van der Waals surface area (Å²) in [4.78, 5) is 25.0. The second-order valence-corrected chi connectivity index (χ2v) is 6.17. The second kappa shape index (κ2) is 7.61. The lowest BCUT2D eigenvalue weighted by atomic mass is 10.2. The number of aryl methyl sites for hydroxylation is 1. The van der Waals surface area contributed by atoms with Crippen LogP contribution in [0.1, 0.15) is 21.9 Å². The summed E-state index contributed by atoms with van der Waals surface area (Å²) in [5, 5.41) is 7.57. The molecule has 0 unspecified atom stereocenters. The van der Waals surface area contributed by atoms with Gasteiger partial charge in [-0.1, -0.05) is 6.07 Å². The van der Waals surface area contributed by atoms with Gasteiger partial charge in [0.2, 0.25) is 5.91 Å². The van der Waals surface area contributed by atoms with Crippen molar-refractivity contribution in [2.45, 2.75) is 12.8 Å². The quantitative estimate of drug-likeness (QED) is 0.707. The van der Waals surface area contributed by atoms with E-state index in [4.69, 9.17) is 4.42 Å². The number of hydrogen-bond acceptors (Lipinski definition) is 4. The van der Waals surface area contributed by atoms with Gasteiger partial charge in [0.1, 0.15) is 0 Å². The lowest BCUT2D eigenvalue weighted by Crippen LogP contribution is -2.13. The van der Waals surface area contributed by atoms with Crippen LogP contribution < -0.4 is 10.6 Å². The van der Waals surface area contributed by atoms with Crippen molar-refractivity contribution in [1.29, 1.82) is 0 Å². The molecule has 0 radical (unpaired) electrons. The number of thiophene rings is 1. The van der Waals surface area contributed by atoms with Gasteiger partial charge in [-0.2, -0.15) is 0 Å². The molecule has 5 nitrogen and oxygen atoms in total. The van der Waals surface area contributed by atoms with Gasteiger partial charge in [0.15, 0.2) is 5.76 Å². The van der Waals surface area contributed by atoms with Crippen molar-refractivity contribution in [2.24, 2.45) is 0 Å². The highest BCUT2D eigenvalue weighted by Gasteiger charge is 2.09. The Morgan fingerprint density at radius 3 is 2.33 bits per heavy atom. The molecule has 2 heterocycles. The van der Waals surface area contributed by atoms with Gasteiger partial charge in [-0.05, 0) is 54.3 Å². The Morgan fingerprint density at radius 1 is 0.958 bits per heavy atom. The van der Waals surface area contributed by atoms with Gasteiger partial charge in [0.25, 0.3) is 5.91 Å². The average molecular weight is 340 g/mol. The highest BCUT2D eigenvalue weighted by atomic mass is 32.1. The highest BCUT2D eigenvalue weighted by molar-refractivity contribution is 7.09. The Balaban J connectivity index is 1.50. The molecule has 2 aromatic heterocycles. The fourth-order valence-electron chi connectivity index (χ4n) is 2.15. The van der Waals surface area contributed by atoms with Crippen molar-refractivity contribution in [3.8, 4) is 0 Å². The predicted octanol–water partition coefficient (Wildman–Crippen LogP) is 4.16. The minimum absolute atomic E-state index is 0.0317. The first-order valence-electron chi connectivity index (χ1n) is 7.48. The van der Waals surface area contributed by atoms with E-state index < -0.39 is 0 Å². The maximum Gasteiger partial charge on any atom is 0.291 e. The molecular formula is C18H16N2O3S. The third kappa shape index (κ3) is 4.33. The zero-order valence-corrected chi connectivity index (χ0v) is 13.6. The van der Waals surface area contributed by atoms with E-state index in [1.165, 1.54) is 11.1 Å². The molecule has 24 heavy (non-hydrogen) atoms. The first-order valence-corrected chi connectivity index (χ1v) is 8.36. The van der Waals surface area contributed by atoms with Crippen molar-refractivity contribution in [1.82, 2.24) is 0 Å². The molecule has 0 aliphatic heterocycles. The molecule has 0 aliphatic carbocycles. The van der Waals surface area contributed by atoms with Crippen LogP contribution in [0.2, 0.25) is 0 Å². The monoisotopic (exact) mass is 340 g/mol. The van der Waals surface area contributed by atoms with Crippen molar-refractivity contribution >= 4 is 34.5 Å². The highest BCUT2D eigenvalue weighted by Crippen LogP contribution is 2.16.